The smallest absolute Gasteiger partial charge is 0.226 e. The summed E-state index contributed by atoms with van der Waals surface area (Å²) in [7, 11) is 0. The molecule has 3 rings (SSSR count). The number of anilines is 1. The average Bonchev–Trinajstić information content (AvgIpc) is 3.14. The van der Waals surface area contributed by atoms with Crippen LogP contribution in [0.15, 0.2) is 34.2 Å². The second-order valence-electron chi connectivity index (χ2n) is 5.40. The van der Waals surface area contributed by atoms with Crippen molar-refractivity contribution in [1.82, 2.24) is 10.1 Å². The zero-order valence-electron chi connectivity index (χ0n) is 13.3. The lowest BCUT2D eigenvalue weighted by Crippen LogP contribution is -2.12. The van der Waals surface area contributed by atoms with Crippen LogP contribution in [0.3, 0.4) is 0 Å². The Morgan fingerprint density at radius 1 is 1.29 bits per heavy atom. The topological polar surface area (TPSA) is 68.0 Å². The Bertz CT molecular complexity index is 836. The molecule has 24 heavy (non-hydrogen) atoms. The standard InChI is InChI=1S/C17H16ClN3O2S/c1-10-14(11(2)23-21-10)7-8-16(22)20-17-19-15(9-24-17)12-3-5-13(18)6-4-12/h3-6,9H,7-8H2,1-2H3,(H,19,20,22). The number of nitrogens with zero attached hydrogens (tertiary/aromatic N) is 2. The molecule has 2 aromatic heterocycles. The van der Waals surface area contributed by atoms with Gasteiger partial charge in [0.1, 0.15) is 5.76 Å². The molecule has 2 heterocycles. The normalized spacial score (nSPS) is 10.8. The highest BCUT2D eigenvalue weighted by Crippen LogP contribution is 2.26. The molecule has 1 amide bonds. The van der Waals surface area contributed by atoms with Crippen molar-refractivity contribution in [2.75, 3.05) is 5.32 Å². The number of aryl methyl sites for hydroxylation is 2. The summed E-state index contributed by atoms with van der Waals surface area (Å²) >= 11 is 7.29. The van der Waals surface area contributed by atoms with E-state index in [1.807, 2.05) is 43.5 Å². The molecule has 0 aliphatic heterocycles. The van der Waals surface area contributed by atoms with Gasteiger partial charge in [-0.15, -0.1) is 11.3 Å². The van der Waals surface area contributed by atoms with Crippen LogP contribution in [-0.4, -0.2) is 16.0 Å². The molecular formula is C17H16ClN3O2S. The third-order valence-corrected chi connectivity index (χ3v) is 4.68. The molecular weight excluding hydrogens is 346 g/mol. The molecule has 0 saturated carbocycles. The highest BCUT2D eigenvalue weighted by Gasteiger charge is 2.12. The fourth-order valence-corrected chi connectivity index (χ4v) is 3.23. The number of thiazole rings is 1. The van der Waals surface area contributed by atoms with Gasteiger partial charge in [0, 0.05) is 28.0 Å². The molecule has 0 bridgehead atoms. The van der Waals surface area contributed by atoms with Crippen LogP contribution in [0.5, 0.6) is 0 Å². The molecule has 0 fully saturated rings. The predicted molar refractivity (Wildman–Crippen MR) is 95.5 cm³/mol. The van der Waals surface area contributed by atoms with E-state index in [-0.39, 0.29) is 5.91 Å². The number of rotatable bonds is 5. The van der Waals surface area contributed by atoms with Crippen molar-refractivity contribution in [3.63, 3.8) is 0 Å². The molecule has 7 heteroatoms. The summed E-state index contributed by atoms with van der Waals surface area (Å²) in [5.74, 6) is 0.687. The van der Waals surface area contributed by atoms with Gasteiger partial charge in [-0.3, -0.25) is 4.79 Å². The van der Waals surface area contributed by atoms with Gasteiger partial charge in [0.2, 0.25) is 5.91 Å². The first-order chi connectivity index (χ1) is 11.5. The van der Waals surface area contributed by atoms with E-state index >= 15 is 0 Å². The molecule has 0 aliphatic rings. The van der Waals surface area contributed by atoms with Crippen LogP contribution in [0.4, 0.5) is 5.13 Å². The molecule has 0 aliphatic carbocycles. The summed E-state index contributed by atoms with van der Waals surface area (Å²) in [5.41, 5.74) is 3.61. The molecule has 1 N–H and O–H groups in total. The summed E-state index contributed by atoms with van der Waals surface area (Å²) in [4.78, 5) is 16.6. The van der Waals surface area contributed by atoms with Gasteiger partial charge in [-0.1, -0.05) is 28.9 Å². The van der Waals surface area contributed by atoms with Crippen molar-refractivity contribution in [3.05, 3.63) is 51.7 Å². The number of carbonyl (C=O) groups is 1. The monoisotopic (exact) mass is 361 g/mol. The molecule has 5 nitrogen and oxygen atoms in total. The van der Waals surface area contributed by atoms with Crippen molar-refractivity contribution in [1.29, 1.82) is 0 Å². The van der Waals surface area contributed by atoms with E-state index in [0.717, 1.165) is 28.3 Å². The minimum absolute atomic E-state index is 0.0768. The van der Waals surface area contributed by atoms with Gasteiger partial charge < -0.3 is 9.84 Å². The molecule has 0 unspecified atom stereocenters. The fourth-order valence-electron chi connectivity index (χ4n) is 2.36. The Labute approximate surface area is 148 Å². The number of carbonyl (C=O) groups excluding carboxylic acids is 1. The van der Waals surface area contributed by atoms with Gasteiger partial charge >= 0.3 is 0 Å². The Balaban J connectivity index is 1.60. The molecule has 124 valence electrons. The van der Waals surface area contributed by atoms with E-state index < -0.39 is 0 Å². The summed E-state index contributed by atoms with van der Waals surface area (Å²) in [6.07, 6.45) is 0.959. The van der Waals surface area contributed by atoms with Gasteiger partial charge in [-0.25, -0.2) is 4.98 Å². The fraction of sp³-hybridized carbons (Fsp3) is 0.235. The second kappa shape index (κ2) is 7.15. The van der Waals surface area contributed by atoms with Crippen LogP contribution < -0.4 is 5.32 Å². The van der Waals surface area contributed by atoms with Crippen LogP contribution in [0.1, 0.15) is 23.4 Å². The van der Waals surface area contributed by atoms with Gasteiger partial charge in [0.25, 0.3) is 0 Å². The van der Waals surface area contributed by atoms with Gasteiger partial charge in [0.15, 0.2) is 5.13 Å². The van der Waals surface area contributed by atoms with Crippen molar-refractivity contribution in [2.24, 2.45) is 0 Å². The lowest BCUT2D eigenvalue weighted by Gasteiger charge is -2.02. The maximum atomic E-state index is 12.1. The number of halogens is 1. The third kappa shape index (κ3) is 3.83. The molecule has 0 saturated heterocycles. The Kier molecular flexibility index (Phi) is 4.97. The number of benzene rings is 1. The zero-order valence-corrected chi connectivity index (χ0v) is 14.9. The predicted octanol–water partition coefficient (Wildman–Crippen LogP) is 4.64. The SMILES string of the molecule is Cc1noc(C)c1CCC(=O)Nc1nc(-c2ccc(Cl)cc2)cs1. The minimum Gasteiger partial charge on any atom is -0.361 e. The largest absolute Gasteiger partial charge is 0.361 e. The van der Waals surface area contributed by atoms with Crippen LogP contribution in [0, 0.1) is 13.8 Å². The van der Waals surface area contributed by atoms with E-state index in [1.165, 1.54) is 11.3 Å². The lowest BCUT2D eigenvalue weighted by atomic mass is 10.1. The molecule has 0 spiro atoms. The maximum Gasteiger partial charge on any atom is 0.226 e. The van der Waals surface area contributed by atoms with Crippen LogP contribution >= 0.6 is 22.9 Å². The second-order valence-corrected chi connectivity index (χ2v) is 6.69. The Hall–Kier alpha value is -2.18. The average molecular weight is 362 g/mol. The van der Waals surface area contributed by atoms with Crippen LogP contribution in [0.25, 0.3) is 11.3 Å². The quantitative estimate of drug-likeness (QED) is 0.718. The summed E-state index contributed by atoms with van der Waals surface area (Å²) in [5, 5.41) is 9.91. The van der Waals surface area contributed by atoms with Gasteiger partial charge in [-0.05, 0) is 32.4 Å². The number of nitrogens with one attached hydrogen (secondary N) is 1. The number of aromatic nitrogens is 2. The molecule has 0 radical (unpaired) electrons. The summed E-state index contributed by atoms with van der Waals surface area (Å²) in [6.45, 7) is 3.73. The zero-order chi connectivity index (χ0) is 17.1. The lowest BCUT2D eigenvalue weighted by molar-refractivity contribution is -0.116. The van der Waals surface area contributed by atoms with Crippen LogP contribution in [0.2, 0.25) is 5.02 Å². The first-order valence-corrected chi connectivity index (χ1v) is 8.72. The van der Waals surface area contributed by atoms with Crippen molar-refractivity contribution < 1.29 is 9.32 Å². The van der Waals surface area contributed by atoms with E-state index in [9.17, 15) is 4.79 Å². The maximum absolute atomic E-state index is 12.1. The number of hydrogen-bond donors (Lipinski definition) is 1. The van der Waals surface area contributed by atoms with E-state index in [0.29, 0.717) is 23.0 Å². The summed E-state index contributed by atoms with van der Waals surface area (Å²) in [6, 6.07) is 7.44. The van der Waals surface area contributed by atoms with Crippen molar-refractivity contribution in [3.8, 4) is 11.3 Å². The van der Waals surface area contributed by atoms with Crippen molar-refractivity contribution in [2.45, 2.75) is 26.7 Å². The number of amides is 1. The van der Waals surface area contributed by atoms with E-state index in [4.69, 9.17) is 16.1 Å². The first-order valence-electron chi connectivity index (χ1n) is 7.46. The minimum atomic E-state index is -0.0768. The highest BCUT2D eigenvalue weighted by atomic mass is 35.5. The Morgan fingerprint density at radius 3 is 2.71 bits per heavy atom. The van der Waals surface area contributed by atoms with E-state index in [1.54, 1.807) is 0 Å². The number of hydrogen-bond acceptors (Lipinski definition) is 5. The summed E-state index contributed by atoms with van der Waals surface area (Å²) < 4.78 is 5.11. The van der Waals surface area contributed by atoms with E-state index in [2.05, 4.69) is 15.5 Å². The Morgan fingerprint density at radius 2 is 2.04 bits per heavy atom. The van der Waals surface area contributed by atoms with Crippen molar-refractivity contribution >= 4 is 34.0 Å². The first kappa shape index (κ1) is 16.7. The molecule has 0 atom stereocenters. The van der Waals surface area contributed by atoms with Crippen LogP contribution in [-0.2, 0) is 11.2 Å². The highest BCUT2D eigenvalue weighted by molar-refractivity contribution is 7.14. The van der Waals surface area contributed by atoms with Gasteiger partial charge in [0.05, 0.1) is 11.4 Å². The molecule has 1 aromatic carbocycles. The third-order valence-electron chi connectivity index (χ3n) is 3.67. The molecule has 3 aromatic rings. The van der Waals surface area contributed by atoms with Gasteiger partial charge in [-0.2, -0.15) is 0 Å².